The van der Waals surface area contributed by atoms with Gasteiger partial charge in [-0.05, 0) is 45.0 Å². The zero-order valence-corrected chi connectivity index (χ0v) is 18.6. The molecule has 170 valence electrons. The standard InChI is InChI=1S/C25H22O8/c1-13(2)31-22(27)12-30-19-9-8-16-17(11-21(26)32-23(16)14(19)3)18-10-15-6-5-7-20(29-4)24(15)33-25(18)28/h5-11,13H,12H2,1-4H3. The van der Waals surface area contributed by atoms with Gasteiger partial charge in [0.1, 0.15) is 11.3 Å². The summed E-state index contributed by atoms with van der Waals surface area (Å²) in [5, 5.41) is 1.17. The van der Waals surface area contributed by atoms with Gasteiger partial charge in [0.05, 0.1) is 18.8 Å². The number of hydrogen-bond donors (Lipinski definition) is 0. The number of ether oxygens (including phenoxy) is 3. The Morgan fingerprint density at radius 1 is 0.970 bits per heavy atom. The van der Waals surface area contributed by atoms with Crippen molar-refractivity contribution >= 4 is 27.9 Å². The van der Waals surface area contributed by atoms with E-state index < -0.39 is 17.2 Å². The van der Waals surface area contributed by atoms with Gasteiger partial charge in [-0.25, -0.2) is 14.4 Å². The second-order valence-corrected chi connectivity index (χ2v) is 7.70. The number of fused-ring (bicyclic) bond motifs is 2. The van der Waals surface area contributed by atoms with Crippen LogP contribution in [0.25, 0.3) is 33.1 Å². The Labute approximate surface area is 188 Å². The summed E-state index contributed by atoms with van der Waals surface area (Å²) in [7, 11) is 1.49. The van der Waals surface area contributed by atoms with Crippen LogP contribution in [0.3, 0.4) is 0 Å². The Hall–Kier alpha value is -4.07. The zero-order valence-electron chi connectivity index (χ0n) is 18.6. The van der Waals surface area contributed by atoms with Gasteiger partial charge in [0, 0.05) is 28.0 Å². The molecular weight excluding hydrogens is 428 g/mol. The van der Waals surface area contributed by atoms with E-state index in [4.69, 9.17) is 23.0 Å². The maximum atomic E-state index is 12.8. The van der Waals surface area contributed by atoms with Gasteiger partial charge in [-0.2, -0.15) is 0 Å². The predicted octanol–water partition coefficient (Wildman–Crippen LogP) is 4.21. The lowest BCUT2D eigenvalue weighted by molar-refractivity contribution is -0.149. The van der Waals surface area contributed by atoms with Gasteiger partial charge in [0.15, 0.2) is 17.9 Å². The van der Waals surface area contributed by atoms with Gasteiger partial charge < -0.3 is 23.0 Å². The Balaban J connectivity index is 1.82. The third-order valence-corrected chi connectivity index (χ3v) is 5.06. The SMILES string of the molecule is COc1cccc2cc(-c3cc(=O)oc4c(C)c(OCC(=O)OC(C)C)ccc34)c(=O)oc12. The number of carbonyl (C=O) groups excluding carboxylic acids is 1. The number of rotatable bonds is 6. The van der Waals surface area contributed by atoms with E-state index in [0.717, 1.165) is 0 Å². The third kappa shape index (κ3) is 4.32. The van der Waals surface area contributed by atoms with Crippen LogP contribution < -0.4 is 20.7 Å². The van der Waals surface area contributed by atoms with Crippen LogP contribution >= 0.6 is 0 Å². The highest BCUT2D eigenvalue weighted by molar-refractivity contribution is 5.97. The van der Waals surface area contributed by atoms with Crippen molar-refractivity contribution in [1.29, 1.82) is 0 Å². The lowest BCUT2D eigenvalue weighted by Gasteiger charge is -2.13. The normalized spacial score (nSPS) is 11.2. The summed E-state index contributed by atoms with van der Waals surface area (Å²) in [5.41, 5.74) is 0.403. The molecule has 8 heteroatoms. The first-order valence-corrected chi connectivity index (χ1v) is 10.3. The van der Waals surface area contributed by atoms with Crippen molar-refractivity contribution in [2.45, 2.75) is 26.9 Å². The van der Waals surface area contributed by atoms with Crippen LogP contribution in [-0.2, 0) is 9.53 Å². The van der Waals surface area contributed by atoms with E-state index in [2.05, 4.69) is 0 Å². The first-order chi connectivity index (χ1) is 15.8. The number of carbonyl (C=O) groups is 1. The van der Waals surface area contributed by atoms with E-state index in [0.29, 0.717) is 39.0 Å². The lowest BCUT2D eigenvalue weighted by atomic mass is 10.0. The minimum absolute atomic E-state index is 0.210. The molecule has 0 amide bonds. The van der Waals surface area contributed by atoms with Crippen molar-refractivity contribution in [2.24, 2.45) is 0 Å². The molecule has 0 bridgehead atoms. The molecule has 0 radical (unpaired) electrons. The lowest BCUT2D eigenvalue weighted by Crippen LogP contribution is -2.19. The molecule has 0 N–H and O–H groups in total. The molecule has 0 aliphatic heterocycles. The van der Waals surface area contributed by atoms with Crippen LogP contribution in [0.15, 0.2) is 60.9 Å². The predicted molar refractivity (Wildman–Crippen MR) is 122 cm³/mol. The molecule has 2 aromatic heterocycles. The molecule has 0 saturated heterocycles. The average Bonchev–Trinajstić information content (AvgIpc) is 2.77. The van der Waals surface area contributed by atoms with Crippen molar-refractivity contribution in [1.82, 2.24) is 0 Å². The molecule has 0 saturated carbocycles. The van der Waals surface area contributed by atoms with Crippen LogP contribution in [0.5, 0.6) is 11.5 Å². The second-order valence-electron chi connectivity index (χ2n) is 7.70. The zero-order chi connectivity index (χ0) is 23.7. The molecule has 0 spiro atoms. The Morgan fingerprint density at radius 3 is 2.48 bits per heavy atom. The van der Waals surface area contributed by atoms with Crippen LogP contribution in [0.2, 0.25) is 0 Å². The fourth-order valence-electron chi connectivity index (χ4n) is 3.62. The Kier molecular flexibility index (Phi) is 5.91. The summed E-state index contributed by atoms with van der Waals surface area (Å²) in [6.07, 6.45) is -0.256. The Bertz CT molecular complexity index is 1480. The second kappa shape index (κ2) is 8.82. The van der Waals surface area contributed by atoms with E-state index in [1.54, 1.807) is 57.2 Å². The van der Waals surface area contributed by atoms with Gasteiger partial charge in [-0.15, -0.1) is 0 Å². The molecular formula is C25H22O8. The quantitative estimate of drug-likeness (QED) is 0.318. The van der Waals surface area contributed by atoms with Gasteiger partial charge in [-0.3, -0.25) is 0 Å². The van der Waals surface area contributed by atoms with Crippen molar-refractivity contribution < 1.29 is 27.8 Å². The van der Waals surface area contributed by atoms with Crippen molar-refractivity contribution in [2.75, 3.05) is 13.7 Å². The van der Waals surface area contributed by atoms with Crippen LogP contribution in [0.1, 0.15) is 19.4 Å². The fraction of sp³-hybridized carbons (Fsp3) is 0.240. The maximum absolute atomic E-state index is 12.8. The summed E-state index contributed by atoms with van der Waals surface area (Å²) < 4.78 is 26.8. The molecule has 33 heavy (non-hydrogen) atoms. The van der Waals surface area contributed by atoms with Crippen LogP contribution in [-0.4, -0.2) is 25.8 Å². The summed E-state index contributed by atoms with van der Waals surface area (Å²) >= 11 is 0. The van der Waals surface area contributed by atoms with Gasteiger partial charge in [-0.1, -0.05) is 12.1 Å². The van der Waals surface area contributed by atoms with E-state index in [1.165, 1.54) is 13.2 Å². The summed E-state index contributed by atoms with van der Waals surface area (Å²) in [5.74, 6) is 0.282. The highest BCUT2D eigenvalue weighted by Gasteiger charge is 2.18. The van der Waals surface area contributed by atoms with Gasteiger partial charge in [0.25, 0.3) is 0 Å². The number of methoxy groups -OCH3 is 1. The van der Waals surface area contributed by atoms with E-state index >= 15 is 0 Å². The average molecular weight is 450 g/mol. The fourth-order valence-corrected chi connectivity index (χ4v) is 3.62. The molecule has 4 rings (SSSR count). The van der Waals surface area contributed by atoms with Crippen LogP contribution in [0.4, 0.5) is 0 Å². The summed E-state index contributed by atoms with van der Waals surface area (Å²) in [4.78, 5) is 37.0. The molecule has 0 aliphatic carbocycles. The summed E-state index contributed by atoms with van der Waals surface area (Å²) in [6.45, 7) is 4.90. The molecule has 2 heterocycles. The molecule has 8 nitrogen and oxygen atoms in total. The smallest absolute Gasteiger partial charge is 0.344 e. The van der Waals surface area contributed by atoms with E-state index in [9.17, 15) is 14.4 Å². The van der Waals surface area contributed by atoms with Crippen molar-refractivity contribution in [3.63, 3.8) is 0 Å². The number of esters is 1. The van der Waals surface area contributed by atoms with Crippen LogP contribution in [0, 0.1) is 6.92 Å². The first-order valence-electron chi connectivity index (χ1n) is 10.3. The number of benzene rings is 2. The maximum Gasteiger partial charge on any atom is 0.344 e. The largest absolute Gasteiger partial charge is 0.493 e. The summed E-state index contributed by atoms with van der Waals surface area (Å²) in [6, 6.07) is 11.5. The first kappa shape index (κ1) is 22.1. The van der Waals surface area contributed by atoms with Crippen molar-refractivity contribution in [3.8, 4) is 22.6 Å². The highest BCUT2D eigenvalue weighted by atomic mass is 16.6. The molecule has 0 unspecified atom stereocenters. The van der Waals surface area contributed by atoms with Gasteiger partial charge >= 0.3 is 17.2 Å². The number of aryl methyl sites for hydroxylation is 1. The molecule has 0 atom stereocenters. The number of hydrogen-bond acceptors (Lipinski definition) is 8. The third-order valence-electron chi connectivity index (χ3n) is 5.06. The van der Waals surface area contributed by atoms with Crippen molar-refractivity contribution in [3.05, 3.63) is 68.9 Å². The number of para-hydroxylation sites is 1. The molecule has 0 fully saturated rings. The monoisotopic (exact) mass is 450 g/mol. The topological polar surface area (TPSA) is 105 Å². The highest BCUT2D eigenvalue weighted by Crippen LogP contribution is 2.34. The molecule has 2 aromatic carbocycles. The minimum Gasteiger partial charge on any atom is -0.493 e. The van der Waals surface area contributed by atoms with Gasteiger partial charge in [0.2, 0.25) is 0 Å². The minimum atomic E-state index is -0.637. The van der Waals surface area contributed by atoms with E-state index in [1.807, 2.05) is 0 Å². The molecule has 0 aliphatic rings. The van der Waals surface area contributed by atoms with E-state index in [-0.39, 0.29) is 23.9 Å². The molecule has 4 aromatic rings. The Morgan fingerprint density at radius 2 is 1.76 bits per heavy atom.